The number of hydrogen-bond acceptors (Lipinski definition) is 2. The molecular weight excluding hydrogens is 188 g/mol. The largest absolute Gasteiger partial charge is 0.356 e. The van der Waals surface area contributed by atoms with Crippen LogP contribution in [0.1, 0.15) is 22.1 Å². The molecule has 0 saturated carbocycles. The van der Waals surface area contributed by atoms with Crippen molar-refractivity contribution in [2.24, 2.45) is 0 Å². The third kappa shape index (κ3) is 4.81. The minimum atomic E-state index is -2.51. The molecule has 1 aromatic carbocycles. The topological polar surface area (TPSA) is 71.8 Å². The first kappa shape index (κ1) is 4.79. The second kappa shape index (κ2) is 5.80. The molecule has 4 N–H and O–H groups in total. The van der Waals surface area contributed by atoms with E-state index in [1.54, 1.807) is 0 Å². The molecule has 0 spiro atoms. The number of nitrogens with one attached hydrogen (secondary N) is 4. The van der Waals surface area contributed by atoms with Crippen molar-refractivity contribution in [2.75, 3.05) is 6.50 Å². The predicted molar refractivity (Wildman–Crippen MR) is 62.4 cm³/mol. The average Bonchev–Trinajstić information content (AvgIpc) is 2.34. The van der Waals surface area contributed by atoms with E-state index in [1.165, 1.54) is 6.92 Å². The summed E-state index contributed by atoms with van der Waals surface area (Å²) < 4.78 is 54.0. The lowest BCUT2D eigenvalue weighted by molar-refractivity contribution is 0.842. The van der Waals surface area contributed by atoms with E-state index < -0.39 is 30.9 Å². The molecule has 15 heavy (non-hydrogen) atoms. The van der Waals surface area contributed by atoms with Crippen LogP contribution in [0.5, 0.6) is 0 Å². The summed E-state index contributed by atoms with van der Waals surface area (Å²) in [6.45, 7) is -1.16. The second-order valence-electron chi connectivity index (χ2n) is 2.64. The lowest BCUT2D eigenvalue weighted by Gasteiger charge is -2.08. The minimum absolute atomic E-state index is 0.0933. The lowest BCUT2D eigenvalue weighted by Crippen LogP contribution is -2.39. The predicted octanol–water partition coefficient (Wildman–Crippen LogP) is 1.34. The molecule has 4 heteroatoms. The highest BCUT2D eigenvalue weighted by Gasteiger charge is 1.95. The Kier molecular flexibility index (Phi) is 1.85. The Morgan fingerprint density at radius 1 is 1.47 bits per heavy atom. The van der Waals surface area contributed by atoms with Crippen molar-refractivity contribution >= 4 is 11.8 Å². The summed E-state index contributed by atoms with van der Waals surface area (Å²) in [6.07, 6.45) is -1.76. The molecule has 0 radical (unpaired) electrons. The van der Waals surface area contributed by atoms with Crippen molar-refractivity contribution in [3.8, 4) is 0 Å². The Balaban J connectivity index is 3.14. The van der Waals surface area contributed by atoms with Crippen molar-refractivity contribution in [1.29, 1.82) is 10.8 Å². The number of hydrogen-bond donors (Lipinski definition) is 4. The summed E-state index contributed by atoms with van der Waals surface area (Å²) in [6, 6.07) is -0.764. The Bertz CT molecular complexity index is 617. The van der Waals surface area contributed by atoms with Gasteiger partial charge in [-0.3, -0.25) is 10.8 Å². The van der Waals surface area contributed by atoms with Crippen molar-refractivity contribution in [1.82, 2.24) is 10.6 Å². The van der Waals surface area contributed by atoms with Crippen molar-refractivity contribution in [3.63, 3.8) is 0 Å². The first-order chi connectivity index (χ1) is 9.97. The summed E-state index contributed by atoms with van der Waals surface area (Å²) in [7, 11) is 0. The zero-order valence-corrected chi connectivity index (χ0v) is 8.15. The van der Waals surface area contributed by atoms with Gasteiger partial charge in [-0.15, -0.1) is 0 Å². The highest BCUT2D eigenvalue weighted by molar-refractivity contribution is 5.95. The molecule has 0 saturated heterocycles. The van der Waals surface area contributed by atoms with Gasteiger partial charge in [0.05, 0.1) is 11.3 Å². The highest BCUT2D eigenvalue weighted by Crippen LogP contribution is 1.97. The molecule has 80 valence electrons. The zero-order chi connectivity index (χ0) is 17.2. The van der Waals surface area contributed by atoms with Gasteiger partial charge in [0.25, 0.3) is 0 Å². The molecule has 0 aromatic heterocycles. The number of benzene rings is 1. The van der Waals surface area contributed by atoms with E-state index in [1.807, 2.05) is 0 Å². The van der Waals surface area contributed by atoms with E-state index in [-0.39, 0.29) is 23.5 Å². The SMILES string of the molecule is [2H]c1cc([2H])c(C([2H])C([2H])([2H])NC(=N)NC(C)=N)c([2H])c1[2H]. The summed E-state index contributed by atoms with van der Waals surface area (Å²) in [4.78, 5) is 0. The van der Waals surface area contributed by atoms with Gasteiger partial charge >= 0.3 is 0 Å². The molecule has 0 bridgehead atoms. The second-order valence-corrected chi connectivity index (χ2v) is 2.64. The molecule has 1 atom stereocenters. The van der Waals surface area contributed by atoms with Gasteiger partial charge in [-0.25, -0.2) is 0 Å². The Morgan fingerprint density at radius 3 is 3.00 bits per heavy atom. The van der Waals surface area contributed by atoms with E-state index in [4.69, 9.17) is 20.4 Å². The molecule has 1 unspecified atom stereocenters. The van der Waals surface area contributed by atoms with Gasteiger partial charge in [0, 0.05) is 10.6 Å². The maximum atomic E-state index is 7.94. The lowest BCUT2D eigenvalue weighted by atomic mass is 10.1. The van der Waals surface area contributed by atoms with E-state index in [2.05, 4.69) is 10.6 Å². The quantitative estimate of drug-likeness (QED) is 0.450. The van der Waals surface area contributed by atoms with Crippen molar-refractivity contribution in [2.45, 2.75) is 13.3 Å². The number of amidine groups is 1. The van der Waals surface area contributed by atoms with Gasteiger partial charge in [0.1, 0.15) is 0 Å². The molecule has 0 aliphatic heterocycles. The third-order valence-electron chi connectivity index (χ3n) is 1.30. The van der Waals surface area contributed by atoms with Crippen LogP contribution in [0.25, 0.3) is 0 Å². The molecule has 4 nitrogen and oxygen atoms in total. The first-order valence-electron chi connectivity index (χ1n) is 7.73. The van der Waals surface area contributed by atoms with Crippen molar-refractivity contribution in [3.05, 3.63) is 35.8 Å². The summed E-state index contributed by atoms with van der Waals surface area (Å²) in [5.41, 5.74) is -0.335. The Morgan fingerprint density at radius 2 is 2.27 bits per heavy atom. The number of rotatable bonds is 3. The normalized spacial score (nSPS) is 19.1. The first-order valence-corrected chi connectivity index (χ1v) is 4.15. The van der Waals surface area contributed by atoms with Crippen LogP contribution >= 0.6 is 0 Å². The fourth-order valence-corrected chi connectivity index (χ4v) is 0.766. The molecule has 0 aliphatic carbocycles. The van der Waals surface area contributed by atoms with E-state index in [0.717, 1.165) is 6.07 Å². The van der Waals surface area contributed by atoms with Crippen LogP contribution in [0.15, 0.2) is 30.2 Å². The maximum absolute atomic E-state index is 7.94. The van der Waals surface area contributed by atoms with Crippen LogP contribution in [-0.4, -0.2) is 18.3 Å². The fraction of sp³-hybridized carbons (Fsp3) is 0.273. The average molecular weight is 211 g/mol. The molecular formula is C11H16N4. The molecule has 1 aromatic rings. The maximum Gasteiger partial charge on any atom is 0.193 e. The van der Waals surface area contributed by atoms with Gasteiger partial charge in [0.15, 0.2) is 5.96 Å². The van der Waals surface area contributed by atoms with E-state index in [0.29, 0.717) is 0 Å². The summed E-state index contributed by atoms with van der Waals surface area (Å²) in [5, 5.41) is 18.9. The smallest absolute Gasteiger partial charge is 0.193 e. The minimum Gasteiger partial charge on any atom is -0.356 e. The van der Waals surface area contributed by atoms with Crippen LogP contribution in [0.4, 0.5) is 0 Å². The molecule has 1 rings (SSSR count). The number of guanidine groups is 1. The summed E-state index contributed by atoms with van der Waals surface area (Å²) >= 11 is 0. The fourth-order valence-electron chi connectivity index (χ4n) is 0.766. The van der Waals surface area contributed by atoms with Crippen LogP contribution in [0.2, 0.25) is 0 Å². The molecule has 0 aliphatic rings. The molecule has 0 fully saturated rings. The van der Waals surface area contributed by atoms with E-state index in [9.17, 15) is 0 Å². The van der Waals surface area contributed by atoms with Crippen LogP contribution in [0.3, 0.4) is 0 Å². The molecule has 0 amide bonds. The molecule has 0 heterocycles. The van der Waals surface area contributed by atoms with Crippen LogP contribution in [-0.2, 0) is 6.40 Å². The Labute approximate surface area is 99.6 Å². The van der Waals surface area contributed by atoms with Gasteiger partial charge in [-0.05, 0) is 18.9 Å². The Hall–Kier alpha value is -1.84. The van der Waals surface area contributed by atoms with Crippen LogP contribution in [0, 0.1) is 10.8 Å². The van der Waals surface area contributed by atoms with Crippen molar-refractivity contribution < 1.29 is 9.60 Å². The summed E-state index contributed by atoms with van der Waals surface area (Å²) in [5.74, 6) is -0.625. The van der Waals surface area contributed by atoms with Gasteiger partial charge in [0.2, 0.25) is 0 Å². The monoisotopic (exact) mass is 211 g/mol. The van der Waals surface area contributed by atoms with Gasteiger partial charge in [-0.1, -0.05) is 30.2 Å². The van der Waals surface area contributed by atoms with Crippen LogP contribution < -0.4 is 10.6 Å². The van der Waals surface area contributed by atoms with E-state index >= 15 is 0 Å². The highest BCUT2D eigenvalue weighted by atomic mass is 15.1. The van der Waals surface area contributed by atoms with Gasteiger partial charge in [-0.2, -0.15) is 0 Å². The zero-order valence-electron chi connectivity index (χ0n) is 15.2. The van der Waals surface area contributed by atoms with Gasteiger partial charge < -0.3 is 10.6 Å². The third-order valence-corrected chi connectivity index (χ3v) is 1.30. The standard InChI is InChI=1S/C11H16N4/c1-9(12)15-11(13)14-8-7-10-5-3-2-4-6-10/h2-6H,7-8H2,1H3,(H4,12,13,14,15)/i2D,3D,5D,6D,7D,8D2.